The van der Waals surface area contributed by atoms with E-state index in [-0.39, 0.29) is 24.7 Å². The van der Waals surface area contributed by atoms with Crippen molar-refractivity contribution in [3.8, 4) is 6.07 Å². The Morgan fingerprint density at radius 3 is 2.74 bits per heavy atom. The van der Waals surface area contributed by atoms with Crippen molar-refractivity contribution in [1.29, 1.82) is 5.26 Å². The summed E-state index contributed by atoms with van der Waals surface area (Å²) >= 11 is 0. The number of para-hydroxylation sites is 1. The van der Waals surface area contributed by atoms with Crippen LogP contribution in [-0.4, -0.2) is 35.3 Å². The van der Waals surface area contributed by atoms with E-state index in [2.05, 4.69) is 5.32 Å². The molecule has 1 atom stereocenters. The maximum absolute atomic E-state index is 13.3. The number of amides is 3. The average molecular weight is 360 g/mol. The Hall–Kier alpha value is -3.66. The van der Waals surface area contributed by atoms with E-state index in [0.29, 0.717) is 22.5 Å². The minimum absolute atomic E-state index is 0.164. The van der Waals surface area contributed by atoms with Gasteiger partial charge in [0.2, 0.25) is 11.6 Å². The van der Waals surface area contributed by atoms with Crippen LogP contribution in [-0.2, 0) is 9.59 Å². The molecule has 1 unspecified atom stereocenters. The van der Waals surface area contributed by atoms with Crippen molar-refractivity contribution in [1.82, 2.24) is 4.90 Å². The summed E-state index contributed by atoms with van der Waals surface area (Å²) in [6, 6.07) is 15.3. The topological polar surface area (TPSA) is 93.5 Å². The Kier molecular flexibility index (Phi) is 3.70. The number of hydrogen-bond acceptors (Lipinski definition) is 4. The van der Waals surface area contributed by atoms with Crippen LogP contribution in [0.3, 0.4) is 0 Å². The van der Waals surface area contributed by atoms with Gasteiger partial charge in [-0.2, -0.15) is 5.26 Å². The molecule has 2 aliphatic rings. The number of benzene rings is 2. The van der Waals surface area contributed by atoms with Crippen LogP contribution < -0.4 is 10.2 Å². The van der Waals surface area contributed by atoms with Gasteiger partial charge >= 0.3 is 0 Å². The Morgan fingerprint density at radius 2 is 1.96 bits per heavy atom. The van der Waals surface area contributed by atoms with Gasteiger partial charge in [0.25, 0.3) is 11.8 Å². The van der Waals surface area contributed by atoms with E-state index < -0.39 is 11.6 Å². The first-order valence-corrected chi connectivity index (χ1v) is 8.51. The molecule has 1 N–H and O–H groups in total. The standard InChI is InChI=1S/C20H16N4O3/c1-23-18(26)15-7-2-3-8-16(15)24-17(25)9-10-20(23,24)19(27)22-14-6-4-5-13(11-14)12-21/h2-8,11H,9-10H2,1H3,(H,22,27). The Bertz CT molecular complexity index is 1030. The van der Waals surface area contributed by atoms with Crippen molar-refractivity contribution in [3.05, 3.63) is 59.7 Å². The van der Waals surface area contributed by atoms with Crippen LogP contribution in [0.25, 0.3) is 0 Å². The molecule has 0 spiro atoms. The SMILES string of the molecule is CN1C(=O)c2ccccc2N2C(=O)CCC12C(=O)Nc1cccc(C#N)c1. The Labute approximate surface area is 155 Å². The summed E-state index contributed by atoms with van der Waals surface area (Å²) < 4.78 is 0. The molecule has 134 valence electrons. The molecule has 0 aliphatic carbocycles. The molecule has 7 nitrogen and oxygen atoms in total. The Balaban J connectivity index is 1.80. The summed E-state index contributed by atoms with van der Waals surface area (Å²) in [7, 11) is 1.54. The predicted molar refractivity (Wildman–Crippen MR) is 97.8 cm³/mol. The molecule has 1 fully saturated rings. The number of nitriles is 1. The molecule has 27 heavy (non-hydrogen) atoms. The van der Waals surface area contributed by atoms with Crippen molar-refractivity contribution in [2.45, 2.75) is 18.5 Å². The molecule has 1 saturated heterocycles. The number of carbonyl (C=O) groups excluding carboxylic acids is 3. The monoisotopic (exact) mass is 360 g/mol. The minimum atomic E-state index is -1.43. The van der Waals surface area contributed by atoms with Crippen molar-refractivity contribution in [3.63, 3.8) is 0 Å². The van der Waals surface area contributed by atoms with Gasteiger partial charge in [-0.1, -0.05) is 18.2 Å². The second kappa shape index (κ2) is 5.95. The van der Waals surface area contributed by atoms with Crippen LogP contribution in [0.1, 0.15) is 28.8 Å². The minimum Gasteiger partial charge on any atom is -0.322 e. The molecular formula is C20H16N4O3. The lowest BCUT2D eigenvalue weighted by molar-refractivity contribution is -0.128. The van der Waals surface area contributed by atoms with Gasteiger partial charge in [-0.25, -0.2) is 0 Å². The van der Waals surface area contributed by atoms with Crippen molar-refractivity contribution < 1.29 is 14.4 Å². The lowest BCUT2D eigenvalue weighted by Gasteiger charge is -2.47. The lowest BCUT2D eigenvalue weighted by atomic mass is 9.96. The summed E-state index contributed by atoms with van der Waals surface area (Å²) in [6.07, 6.45) is 0.365. The first-order valence-electron chi connectivity index (χ1n) is 8.51. The smallest absolute Gasteiger partial charge is 0.271 e. The normalized spacial score (nSPS) is 20.7. The van der Waals surface area contributed by atoms with Crippen molar-refractivity contribution in [2.75, 3.05) is 17.3 Å². The quantitative estimate of drug-likeness (QED) is 0.887. The zero-order valence-electron chi connectivity index (χ0n) is 14.6. The molecule has 7 heteroatoms. The number of likely N-dealkylation sites (N-methyl/N-ethyl adjacent to an activating group) is 1. The number of nitrogens with zero attached hydrogens (tertiary/aromatic N) is 3. The van der Waals surface area contributed by atoms with E-state index in [1.807, 2.05) is 6.07 Å². The zero-order chi connectivity index (χ0) is 19.2. The van der Waals surface area contributed by atoms with Gasteiger partial charge < -0.3 is 10.2 Å². The highest BCUT2D eigenvalue weighted by Gasteiger charge is 2.59. The molecule has 2 heterocycles. The first kappa shape index (κ1) is 16.8. The molecule has 2 aliphatic heterocycles. The predicted octanol–water partition coefficient (Wildman–Crippen LogP) is 2.11. The number of anilines is 2. The molecule has 3 amide bonds. The molecule has 0 bridgehead atoms. The van der Waals surface area contributed by atoms with Crippen molar-refractivity contribution in [2.24, 2.45) is 0 Å². The van der Waals surface area contributed by atoms with Gasteiger partial charge in [0, 0.05) is 25.6 Å². The van der Waals surface area contributed by atoms with Gasteiger partial charge in [0.1, 0.15) is 0 Å². The van der Waals surface area contributed by atoms with E-state index in [9.17, 15) is 14.4 Å². The maximum atomic E-state index is 13.3. The zero-order valence-corrected chi connectivity index (χ0v) is 14.6. The molecule has 2 aromatic carbocycles. The van der Waals surface area contributed by atoms with Crippen LogP contribution in [0.2, 0.25) is 0 Å². The van der Waals surface area contributed by atoms with Gasteiger partial charge in [0.05, 0.1) is 22.9 Å². The van der Waals surface area contributed by atoms with Crippen LogP contribution >= 0.6 is 0 Å². The molecule has 0 radical (unpaired) electrons. The van der Waals surface area contributed by atoms with Gasteiger partial charge in [0.15, 0.2) is 0 Å². The molecule has 0 aromatic heterocycles. The lowest BCUT2D eigenvalue weighted by Crippen LogP contribution is -2.68. The van der Waals surface area contributed by atoms with E-state index in [1.165, 1.54) is 16.8 Å². The number of hydrogen-bond donors (Lipinski definition) is 1. The van der Waals surface area contributed by atoms with Gasteiger partial charge in [-0.3, -0.25) is 19.3 Å². The highest BCUT2D eigenvalue weighted by Crippen LogP contribution is 2.44. The third-order valence-corrected chi connectivity index (χ3v) is 5.15. The second-order valence-electron chi connectivity index (χ2n) is 6.57. The van der Waals surface area contributed by atoms with E-state index in [0.717, 1.165) is 0 Å². The Morgan fingerprint density at radius 1 is 1.19 bits per heavy atom. The summed E-state index contributed by atoms with van der Waals surface area (Å²) in [5, 5.41) is 11.8. The fraction of sp³-hybridized carbons (Fsp3) is 0.200. The van der Waals surface area contributed by atoms with Crippen LogP contribution in [0.5, 0.6) is 0 Å². The number of carbonyl (C=O) groups is 3. The number of rotatable bonds is 2. The molecule has 2 aromatic rings. The summed E-state index contributed by atoms with van der Waals surface area (Å²) in [4.78, 5) is 41.6. The summed E-state index contributed by atoms with van der Waals surface area (Å²) in [6.45, 7) is 0. The second-order valence-corrected chi connectivity index (χ2v) is 6.57. The van der Waals surface area contributed by atoms with Crippen LogP contribution in [0, 0.1) is 11.3 Å². The number of nitrogens with one attached hydrogen (secondary N) is 1. The fourth-order valence-corrected chi connectivity index (χ4v) is 3.83. The molecule has 0 saturated carbocycles. The van der Waals surface area contributed by atoms with E-state index in [1.54, 1.807) is 48.5 Å². The average Bonchev–Trinajstić information content (AvgIpc) is 3.05. The van der Waals surface area contributed by atoms with E-state index in [4.69, 9.17) is 5.26 Å². The molecule has 4 rings (SSSR count). The highest BCUT2D eigenvalue weighted by atomic mass is 16.2. The highest BCUT2D eigenvalue weighted by molar-refractivity contribution is 6.18. The summed E-state index contributed by atoms with van der Waals surface area (Å²) in [5.74, 6) is -0.992. The largest absolute Gasteiger partial charge is 0.322 e. The van der Waals surface area contributed by atoms with Crippen molar-refractivity contribution >= 4 is 29.1 Å². The fourth-order valence-electron chi connectivity index (χ4n) is 3.83. The van der Waals surface area contributed by atoms with E-state index >= 15 is 0 Å². The molecular weight excluding hydrogens is 344 g/mol. The van der Waals surface area contributed by atoms with Crippen LogP contribution in [0.4, 0.5) is 11.4 Å². The maximum Gasteiger partial charge on any atom is 0.271 e. The first-order chi connectivity index (χ1) is 13.0. The van der Waals surface area contributed by atoms with Gasteiger partial charge in [-0.05, 0) is 30.3 Å². The van der Waals surface area contributed by atoms with Crippen LogP contribution in [0.15, 0.2) is 48.5 Å². The number of fused-ring (bicyclic) bond motifs is 3. The third-order valence-electron chi connectivity index (χ3n) is 5.15. The summed E-state index contributed by atoms with van der Waals surface area (Å²) in [5.41, 5.74) is 0.259. The van der Waals surface area contributed by atoms with Gasteiger partial charge in [-0.15, -0.1) is 0 Å². The third kappa shape index (κ3) is 2.30.